The smallest absolute Gasteiger partial charge is 0.313 e. The predicted molar refractivity (Wildman–Crippen MR) is 129 cm³/mol. The van der Waals surface area contributed by atoms with Gasteiger partial charge in [-0.2, -0.15) is 0 Å². The Morgan fingerprint density at radius 1 is 1.06 bits per heavy atom. The van der Waals surface area contributed by atoms with Crippen LogP contribution in [0.15, 0.2) is 22.3 Å². The van der Waals surface area contributed by atoms with E-state index in [4.69, 9.17) is 4.74 Å². The number of fused-ring (bicyclic) bond motifs is 8. The van der Waals surface area contributed by atoms with Gasteiger partial charge in [-0.15, -0.1) is 0 Å². The molecule has 11 unspecified atom stereocenters. The van der Waals surface area contributed by atoms with Crippen LogP contribution in [0.3, 0.4) is 0 Å². The number of ether oxygens (including phenoxy) is 1. The van der Waals surface area contributed by atoms with Gasteiger partial charge in [-0.25, -0.2) is 0 Å². The summed E-state index contributed by atoms with van der Waals surface area (Å²) in [5.74, 6) is 2.16. The van der Waals surface area contributed by atoms with Gasteiger partial charge < -0.3 is 9.84 Å². The third kappa shape index (κ3) is 2.16. The number of aliphatic carboxylic acids is 1. The zero-order valence-electron chi connectivity index (χ0n) is 21.4. The van der Waals surface area contributed by atoms with E-state index in [1.54, 1.807) is 0 Å². The third-order valence-electron chi connectivity index (χ3n) is 12.9. The van der Waals surface area contributed by atoms with Crippen LogP contribution >= 0.6 is 0 Å². The quantitative estimate of drug-likeness (QED) is 0.373. The van der Waals surface area contributed by atoms with E-state index in [2.05, 4.69) is 27.7 Å². The van der Waals surface area contributed by atoms with E-state index in [9.17, 15) is 14.7 Å². The normalized spacial score (nSPS) is 54.9. The minimum atomic E-state index is -0.627. The number of rotatable bonds is 1. The molecule has 4 saturated carbocycles. The highest BCUT2D eigenvalue weighted by atomic mass is 16.6. The second-order valence-corrected chi connectivity index (χ2v) is 13.7. The van der Waals surface area contributed by atoms with Crippen LogP contribution in [-0.2, 0) is 14.3 Å². The zero-order chi connectivity index (χ0) is 23.9. The molecule has 2 bridgehead atoms. The van der Waals surface area contributed by atoms with E-state index in [0.717, 1.165) is 38.5 Å². The predicted octanol–water partition coefficient (Wildman–Crippen LogP) is 6.16. The lowest BCUT2D eigenvalue weighted by Crippen LogP contribution is -2.43. The molecule has 6 aliphatic carbocycles. The Balaban J connectivity index is 1.36. The van der Waals surface area contributed by atoms with Gasteiger partial charge in [0, 0.05) is 11.8 Å². The maximum Gasteiger partial charge on any atom is 0.313 e. The minimum absolute atomic E-state index is 0.00822. The number of carbonyl (C=O) groups is 2. The van der Waals surface area contributed by atoms with Crippen LogP contribution in [0.25, 0.3) is 0 Å². The summed E-state index contributed by atoms with van der Waals surface area (Å²) in [6.45, 7) is 11.3. The molecule has 1 N–H and O–H groups in total. The maximum atomic E-state index is 14.0. The second-order valence-electron chi connectivity index (χ2n) is 13.7. The van der Waals surface area contributed by atoms with E-state index in [1.807, 2.05) is 6.92 Å². The Morgan fingerprint density at radius 3 is 2.53 bits per heavy atom. The molecule has 7 aliphatic rings. The molecule has 0 amide bonds. The van der Waals surface area contributed by atoms with Crippen molar-refractivity contribution in [2.75, 3.05) is 0 Å². The van der Waals surface area contributed by atoms with Crippen molar-refractivity contribution in [2.45, 2.75) is 92.1 Å². The summed E-state index contributed by atoms with van der Waals surface area (Å²) in [4.78, 5) is 26.4. The van der Waals surface area contributed by atoms with Crippen molar-refractivity contribution < 1.29 is 19.4 Å². The standard InChI is InChI=1S/C30H40O4/c1-14-7-10-20-25(22-15(2)6-9-18(14)22)34-27(33)30(20)13-29-12-21(30)17(4)23(29)24-19(11-8-16(29)3)28(24,5)26(31)32/h14,16,18-21,24-25H,6-13H2,1-5H3,(H,31,32). The summed E-state index contributed by atoms with van der Waals surface area (Å²) in [6, 6.07) is 0. The van der Waals surface area contributed by atoms with Gasteiger partial charge in [0.1, 0.15) is 6.10 Å². The molecule has 5 fully saturated rings. The Hall–Kier alpha value is -1.58. The summed E-state index contributed by atoms with van der Waals surface area (Å²) < 4.78 is 6.46. The number of hydrogen-bond acceptors (Lipinski definition) is 3. The molecule has 1 heterocycles. The summed E-state index contributed by atoms with van der Waals surface area (Å²) in [6.07, 6.45) is 8.68. The van der Waals surface area contributed by atoms with Gasteiger partial charge in [0.25, 0.3) is 0 Å². The van der Waals surface area contributed by atoms with Crippen LogP contribution in [0.5, 0.6) is 0 Å². The van der Waals surface area contributed by atoms with E-state index >= 15 is 0 Å². The lowest BCUT2D eigenvalue weighted by molar-refractivity contribution is -0.150. The van der Waals surface area contributed by atoms with E-state index in [-0.39, 0.29) is 41.2 Å². The fraction of sp³-hybridized carbons (Fsp3) is 0.800. The van der Waals surface area contributed by atoms with Gasteiger partial charge in [0.15, 0.2) is 0 Å². The lowest BCUT2D eigenvalue weighted by atomic mass is 9.57. The van der Waals surface area contributed by atoms with Crippen LogP contribution in [0, 0.1) is 57.7 Å². The maximum absolute atomic E-state index is 14.0. The highest BCUT2D eigenvalue weighted by Crippen LogP contribution is 2.81. The molecular formula is C30H40O4. The molecule has 0 aromatic carbocycles. The van der Waals surface area contributed by atoms with Crippen LogP contribution in [-0.4, -0.2) is 23.1 Å². The van der Waals surface area contributed by atoms with Crippen molar-refractivity contribution >= 4 is 11.9 Å². The topological polar surface area (TPSA) is 63.6 Å². The first-order valence-electron chi connectivity index (χ1n) is 13.9. The Bertz CT molecular complexity index is 1080. The highest BCUT2D eigenvalue weighted by molar-refractivity contribution is 5.84. The second kappa shape index (κ2) is 6.40. The van der Waals surface area contributed by atoms with Gasteiger partial charge in [-0.05, 0) is 113 Å². The van der Waals surface area contributed by atoms with Gasteiger partial charge in [0.05, 0.1) is 10.8 Å². The Labute approximate surface area is 203 Å². The Morgan fingerprint density at radius 2 is 1.79 bits per heavy atom. The SMILES string of the molecule is CC1=C2C(CC1)C(C)CCC1C2OC(=O)C12CC13CC2C(C)=C1C1C(CCC3C)C1(C)C(=O)O. The summed E-state index contributed by atoms with van der Waals surface area (Å²) in [5.41, 5.74) is 4.79. The molecule has 4 nitrogen and oxygen atoms in total. The molecule has 11 atom stereocenters. The fourth-order valence-electron chi connectivity index (χ4n) is 11.1. The highest BCUT2D eigenvalue weighted by Gasteiger charge is 2.79. The van der Waals surface area contributed by atoms with Crippen LogP contribution in [0.2, 0.25) is 0 Å². The fourth-order valence-corrected chi connectivity index (χ4v) is 11.1. The number of allylic oxidation sites excluding steroid dienone is 3. The van der Waals surface area contributed by atoms with Crippen molar-refractivity contribution in [1.29, 1.82) is 0 Å². The first kappa shape index (κ1) is 21.7. The molecule has 1 aliphatic heterocycles. The molecule has 184 valence electrons. The van der Waals surface area contributed by atoms with Gasteiger partial charge >= 0.3 is 11.9 Å². The third-order valence-corrected chi connectivity index (χ3v) is 12.9. The zero-order valence-corrected chi connectivity index (χ0v) is 21.4. The average molecular weight is 465 g/mol. The van der Waals surface area contributed by atoms with Gasteiger partial charge in [0.2, 0.25) is 0 Å². The largest absolute Gasteiger partial charge is 0.481 e. The monoisotopic (exact) mass is 464 g/mol. The van der Waals surface area contributed by atoms with Crippen LogP contribution in [0.4, 0.5) is 0 Å². The molecule has 7 rings (SSSR count). The van der Waals surface area contributed by atoms with E-state index in [0.29, 0.717) is 17.8 Å². The first-order valence-corrected chi connectivity index (χ1v) is 13.9. The van der Waals surface area contributed by atoms with E-state index < -0.39 is 16.8 Å². The summed E-state index contributed by atoms with van der Waals surface area (Å²) in [5, 5.41) is 10.1. The number of carbonyl (C=O) groups excluding carboxylic acids is 1. The molecule has 4 heteroatoms. The minimum Gasteiger partial charge on any atom is -0.481 e. The Kier molecular flexibility index (Phi) is 4.08. The van der Waals surface area contributed by atoms with Crippen molar-refractivity contribution in [3.63, 3.8) is 0 Å². The molecule has 1 saturated heterocycles. The van der Waals surface area contributed by atoms with Crippen molar-refractivity contribution in [1.82, 2.24) is 0 Å². The number of hydrogen-bond donors (Lipinski definition) is 1. The number of carboxylic acids is 1. The molecule has 0 aromatic rings. The number of carboxylic acid groups (broad SMARTS) is 1. The molecule has 2 spiro atoms. The van der Waals surface area contributed by atoms with Crippen molar-refractivity contribution in [3.8, 4) is 0 Å². The van der Waals surface area contributed by atoms with Crippen molar-refractivity contribution in [3.05, 3.63) is 22.3 Å². The molecule has 34 heavy (non-hydrogen) atoms. The summed E-state index contributed by atoms with van der Waals surface area (Å²) in [7, 11) is 0. The van der Waals surface area contributed by atoms with Gasteiger partial charge in [-0.3, -0.25) is 9.59 Å². The summed E-state index contributed by atoms with van der Waals surface area (Å²) >= 11 is 0. The van der Waals surface area contributed by atoms with E-state index in [1.165, 1.54) is 35.1 Å². The molecular weight excluding hydrogens is 424 g/mol. The van der Waals surface area contributed by atoms with Crippen LogP contribution in [0.1, 0.15) is 86.0 Å². The molecule has 0 radical (unpaired) electrons. The van der Waals surface area contributed by atoms with Crippen molar-refractivity contribution in [2.24, 2.45) is 57.7 Å². The number of esters is 1. The first-order chi connectivity index (χ1) is 16.1. The van der Waals surface area contributed by atoms with Crippen LogP contribution < -0.4 is 0 Å². The molecule has 0 aromatic heterocycles. The average Bonchev–Trinajstić information content (AvgIpc) is 3.09. The lowest BCUT2D eigenvalue weighted by Gasteiger charge is -2.44. The van der Waals surface area contributed by atoms with Gasteiger partial charge in [-0.1, -0.05) is 30.6 Å².